The van der Waals surface area contributed by atoms with Crippen molar-refractivity contribution in [1.29, 1.82) is 0 Å². The molecule has 1 unspecified atom stereocenters. The van der Waals surface area contributed by atoms with Gasteiger partial charge in [0.2, 0.25) is 5.88 Å². The summed E-state index contributed by atoms with van der Waals surface area (Å²) in [5.74, 6) is -4.68. The average Bonchev–Trinajstić information content (AvgIpc) is 3.70. The summed E-state index contributed by atoms with van der Waals surface area (Å²) in [4.78, 5) is 52.5. The molecule has 0 fully saturated rings. The van der Waals surface area contributed by atoms with Gasteiger partial charge in [-0.2, -0.15) is 26.3 Å². The van der Waals surface area contributed by atoms with Crippen molar-refractivity contribution in [2.75, 3.05) is 13.7 Å². The van der Waals surface area contributed by atoms with Gasteiger partial charge in [-0.15, -0.1) is 5.10 Å². The molecular weight excluding hydrogens is 722 g/mol. The first-order valence-electron chi connectivity index (χ1n) is 15.4. The summed E-state index contributed by atoms with van der Waals surface area (Å²) in [5.41, 5.74) is -2.26. The number of halogens is 6. The molecular formula is C33H26F6N6O8. The van der Waals surface area contributed by atoms with Gasteiger partial charge in [0, 0.05) is 42.4 Å². The van der Waals surface area contributed by atoms with E-state index < -0.39 is 58.6 Å². The number of nitro benzene ring substituents is 1. The van der Waals surface area contributed by atoms with Gasteiger partial charge in [-0.1, -0.05) is 5.21 Å². The molecule has 5 rings (SSSR count). The highest BCUT2D eigenvalue weighted by molar-refractivity contribution is 6.17. The lowest BCUT2D eigenvalue weighted by Crippen LogP contribution is -2.34. The average molecular weight is 749 g/mol. The minimum Gasteiger partial charge on any atom is -0.481 e. The van der Waals surface area contributed by atoms with E-state index in [-0.39, 0.29) is 64.7 Å². The molecule has 0 amide bonds. The molecule has 0 bridgehead atoms. The van der Waals surface area contributed by atoms with E-state index in [1.54, 1.807) is 0 Å². The third-order valence-corrected chi connectivity index (χ3v) is 7.71. The Bertz CT molecular complexity index is 2160. The number of ketones is 1. The van der Waals surface area contributed by atoms with Crippen LogP contribution in [0, 0.1) is 10.1 Å². The fourth-order valence-electron chi connectivity index (χ4n) is 5.30. The highest BCUT2D eigenvalue weighted by atomic mass is 19.4. The first-order chi connectivity index (χ1) is 25.0. The number of nitro groups is 1. The van der Waals surface area contributed by atoms with Crippen molar-refractivity contribution in [3.05, 3.63) is 105 Å². The van der Waals surface area contributed by atoms with Crippen LogP contribution in [-0.4, -0.2) is 79.2 Å². The Morgan fingerprint density at radius 2 is 1.70 bits per heavy atom. The zero-order valence-corrected chi connectivity index (χ0v) is 27.5. The van der Waals surface area contributed by atoms with Crippen LogP contribution >= 0.6 is 0 Å². The predicted octanol–water partition coefficient (Wildman–Crippen LogP) is 6.20. The van der Waals surface area contributed by atoms with Crippen LogP contribution in [0.1, 0.15) is 55.7 Å². The number of nitrogens with zero attached hydrogens (tertiary/aromatic N) is 6. The molecule has 20 heteroatoms. The summed E-state index contributed by atoms with van der Waals surface area (Å²) in [6, 6.07) is 9.33. The van der Waals surface area contributed by atoms with Crippen molar-refractivity contribution in [2.24, 2.45) is 0 Å². The normalized spacial score (nSPS) is 12.4. The number of rotatable bonds is 13. The lowest BCUT2D eigenvalue weighted by atomic mass is 10.0. The molecule has 278 valence electrons. The van der Waals surface area contributed by atoms with Gasteiger partial charge in [-0.25, -0.2) is 19.3 Å². The molecule has 0 spiro atoms. The summed E-state index contributed by atoms with van der Waals surface area (Å²) >= 11 is 0. The fourth-order valence-corrected chi connectivity index (χ4v) is 5.30. The van der Waals surface area contributed by atoms with Crippen molar-refractivity contribution in [3.63, 3.8) is 0 Å². The van der Waals surface area contributed by atoms with Gasteiger partial charge < -0.3 is 18.6 Å². The monoisotopic (exact) mass is 748 g/mol. The van der Waals surface area contributed by atoms with Gasteiger partial charge in [0.15, 0.2) is 6.10 Å². The Morgan fingerprint density at radius 3 is 2.28 bits per heavy atom. The molecule has 0 N–H and O–H groups in total. The highest BCUT2D eigenvalue weighted by Crippen LogP contribution is 2.37. The summed E-state index contributed by atoms with van der Waals surface area (Å²) < 4.78 is 100. The maximum absolute atomic E-state index is 14.0. The summed E-state index contributed by atoms with van der Waals surface area (Å²) in [5, 5.41) is 18.5. The molecule has 0 radical (unpaired) electrons. The van der Waals surface area contributed by atoms with Gasteiger partial charge in [-0.05, 0) is 55.7 Å². The molecule has 1 atom stereocenters. The van der Waals surface area contributed by atoms with Crippen LogP contribution < -0.4 is 4.74 Å². The highest BCUT2D eigenvalue weighted by Gasteiger charge is 2.45. The van der Waals surface area contributed by atoms with Gasteiger partial charge in [-0.3, -0.25) is 14.9 Å². The second-order valence-electron chi connectivity index (χ2n) is 11.2. The van der Waals surface area contributed by atoms with Gasteiger partial charge in [0.05, 0.1) is 58.8 Å². The Kier molecular flexibility index (Phi) is 10.8. The summed E-state index contributed by atoms with van der Waals surface area (Å²) in [7, 11) is 1.35. The quantitative estimate of drug-likeness (QED) is 0.0442. The molecule has 0 aliphatic rings. The van der Waals surface area contributed by atoms with E-state index >= 15 is 0 Å². The van der Waals surface area contributed by atoms with Crippen LogP contribution in [0.25, 0.3) is 16.8 Å². The van der Waals surface area contributed by atoms with Crippen LogP contribution in [0.3, 0.4) is 0 Å². The number of carbonyl (C=O) groups is 3. The number of hydrogen-bond acceptors (Lipinski definition) is 11. The third kappa shape index (κ3) is 8.42. The molecule has 14 nitrogen and oxygen atoms in total. The van der Waals surface area contributed by atoms with Crippen LogP contribution in [-0.2, 0) is 22.4 Å². The number of aromatic nitrogens is 5. The van der Waals surface area contributed by atoms with Crippen LogP contribution in [0.4, 0.5) is 32.0 Å². The number of aryl methyl sites for hydroxylation is 1. The SMILES string of the molecule is CCOC(=O)c1c(C(=O)C(F)(F)F)c2cc(Cn3cc(CCC(OC(=O)c4ccc([N+](=O)[O-])cc4)C(F)(F)F)nn3)ccn2c1-c1ccc(OC)nc1. The van der Waals surface area contributed by atoms with Crippen LogP contribution in [0.5, 0.6) is 5.88 Å². The molecule has 0 aliphatic carbocycles. The maximum atomic E-state index is 14.0. The van der Waals surface area contributed by atoms with Crippen molar-refractivity contribution in [1.82, 2.24) is 24.4 Å². The zero-order valence-electron chi connectivity index (χ0n) is 27.5. The molecule has 0 saturated carbocycles. The topological polar surface area (TPSA) is 170 Å². The number of fused-ring (bicyclic) bond motifs is 1. The minimum atomic E-state index is -5.39. The van der Waals surface area contributed by atoms with Gasteiger partial charge >= 0.3 is 24.3 Å². The van der Waals surface area contributed by atoms with E-state index in [1.807, 2.05) is 0 Å². The number of alkyl halides is 6. The standard InChI is InChI=1S/C33H26F6N6O8/c1-3-52-31(48)27-26(29(46)33(37,38)39)23-14-18(12-13-44(23)28(27)20-6-11-25(51-2)40-15-20)16-43-17-21(41-42-43)7-10-24(32(34,35)36)53-30(47)19-4-8-22(9-5-19)45(49)50/h4-6,8-9,11-15,17,24H,3,7,10,16H2,1-2H3. The molecule has 4 heterocycles. The van der Waals surface area contributed by atoms with E-state index in [9.17, 15) is 50.8 Å². The number of pyridine rings is 2. The number of hydrogen-bond donors (Lipinski definition) is 0. The van der Waals surface area contributed by atoms with Gasteiger partial charge in [0.1, 0.15) is 0 Å². The molecule has 0 saturated heterocycles. The Morgan fingerprint density at radius 1 is 0.981 bits per heavy atom. The van der Waals surface area contributed by atoms with Crippen LogP contribution in [0.15, 0.2) is 67.1 Å². The second kappa shape index (κ2) is 15.1. The number of non-ortho nitro benzene ring substituents is 1. The number of esters is 2. The van der Waals surface area contributed by atoms with Crippen molar-refractivity contribution in [3.8, 4) is 17.1 Å². The Labute approximate surface area is 294 Å². The third-order valence-electron chi connectivity index (χ3n) is 7.71. The molecule has 5 aromatic rings. The maximum Gasteiger partial charge on any atom is 0.454 e. The Hall–Kier alpha value is -6.34. The number of ether oxygens (including phenoxy) is 3. The fraction of sp³-hybridized carbons (Fsp3) is 0.273. The van der Waals surface area contributed by atoms with Gasteiger partial charge in [0.25, 0.3) is 11.5 Å². The molecule has 53 heavy (non-hydrogen) atoms. The lowest BCUT2D eigenvalue weighted by molar-refractivity contribution is -0.384. The zero-order chi connectivity index (χ0) is 38.7. The molecule has 0 aliphatic heterocycles. The largest absolute Gasteiger partial charge is 0.481 e. The van der Waals surface area contributed by atoms with Crippen LogP contribution in [0.2, 0.25) is 0 Å². The number of methoxy groups -OCH3 is 1. The number of carbonyl (C=O) groups excluding carboxylic acids is 3. The first-order valence-corrected chi connectivity index (χ1v) is 15.4. The molecule has 4 aromatic heterocycles. The van der Waals surface area contributed by atoms with E-state index in [4.69, 9.17) is 9.47 Å². The smallest absolute Gasteiger partial charge is 0.454 e. The van der Waals surface area contributed by atoms with Crippen molar-refractivity contribution in [2.45, 2.75) is 44.8 Å². The van der Waals surface area contributed by atoms with Crippen molar-refractivity contribution < 1.29 is 59.9 Å². The lowest BCUT2D eigenvalue weighted by Gasteiger charge is -2.20. The van der Waals surface area contributed by atoms with Crippen molar-refractivity contribution >= 4 is 28.9 Å². The number of Topliss-reactive ketones (excluding diaryl/α,β-unsaturated/α-hetero) is 1. The Balaban J connectivity index is 1.42. The van der Waals surface area contributed by atoms with E-state index in [2.05, 4.69) is 20.0 Å². The van der Waals surface area contributed by atoms with E-state index in [1.165, 1.54) is 66.0 Å². The number of benzene rings is 1. The molecule has 1 aromatic carbocycles. The second-order valence-corrected chi connectivity index (χ2v) is 11.2. The predicted molar refractivity (Wildman–Crippen MR) is 169 cm³/mol. The van der Waals surface area contributed by atoms with E-state index in [0.29, 0.717) is 0 Å². The van der Waals surface area contributed by atoms with E-state index in [0.717, 1.165) is 24.3 Å². The minimum absolute atomic E-state index is 0.0428. The summed E-state index contributed by atoms with van der Waals surface area (Å²) in [6.45, 7) is 1.05. The first kappa shape index (κ1) is 37.9. The summed E-state index contributed by atoms with van der Waals surface area (Å²) in [6.07, 6.45) is -10.2.